The molecule has 2 aliphatic rings. The van der Waals surface area contributed by atoms with Gasteiger partial charge in [-0.05, 0) is 49.7 Å². The SMILES string of the molecule is COC1C[C@@H](C(=O)[O-])N(C(=O)CP(=O)(O)CCCCc2ccccc2)C1.CO[C@H]1C[C@@H](C(=O)[O-])N(C(=O)CP(=O)(O)CCCCc2ccccc2)C1.[Li+].[Li+]. The summed E-state index contributed by atoms with van der Waals surface area (Å²) in [6.07, 6.45) is 2.65. The number of carboxylic acids is 2. The van der Waals surface area contributed by atoms with Gasteiger partial charge in [0, 0.05) is 52.5 Å². The minimum absolute atomic E-state index is 0. The van der Waals surface area contributed by atoms with Gasteiger partial charge in [-0.1, -0.05) is 60.7 Å². The number of likely N-dealkylation sites (tertiary alicyclic amines) is 2. The molecule has 3 unspecified atom stereocenters. The zero-order valence-corrected chi connectivity index (χ0v) is 33.5. The van der Waals surface area contributed by atoms with Crippen molar-refractivity contribution < 1.29 is 95.5 Å². The third-order valence-electron chi connectivity index (χ3n) is 9.27. The molecule has 2 heterocycles. The van der Waals surface area contributed by atoms with Crippen molar-refractivity contribution in [3.8, 4) is 0 Å². The Hall–Kier alpha value is -2.19. The summed E-state index contributed by atoms with van der Waals surface area (Å²) in [5, 5.41) is 22.4. The van der Waals surface area contributed by atoms with Crippen molar-refractivity contribution >= 4 is 38.5 Å². The Bertz CT molecular complexity index is 1460. The molecule has 2 amide bonds. The van der Waals surface area contributed by atoms with E-state index in [1.807, 2.05) is 60.7 Å². The Labute approximate surface area is 341 Å². The first-order valence-electron chi connectivity index (χ1n) is 17.4. The van der Waals surface area contributed by atoms with Crippen LogP contribution in [-0.2, 0) is 50.6 Å². The summed E-state index contributed by atoms with van der Waals surface area (Å²) in [6, 6.07) is 17.4. The maximum Gasteiger partial charge on any atom is 1.00 e. The molecule has 0 radical (unpaired) electrons. The second kappa shape index (κ2) is 24.5. The van der Waals surface area contributed by atoms with Crippen molar-refractivity contribution in [1.29, 1.82) is 0 Å². The molecule has 2 aromatic rings. The summed E-state index contributed by atoms with van der Waals surface area (Å²) in [7, 11) is -4.43. The van der Waals surface area contributed by atoms with Gasteiger partial charge < -0.3 is 48.9 Å². The Morgan fingerprint density at radius 3 is 1.28 bits per heavy atom. The van der Waals surface area contributed by atoms with Crippen molar-refractivity contribution in [1.82, 2.24) is 9.80 Å². The fraction of sp³-hybridized carbons (Fsp3) is 0.556. The Morgan fingerprint density at radius 2 is 0.981 bits per heavy atom. The number of carbonyl (C=O) groups is 4. The van der Waals surface area contributed by atoms with Gasteiger partial charge in [-0.15, -0.1) is 0 Å². The quantitative estimate of drug-likeness (QED) is 0.0831. The molecule has 2 N–H and O–H groups in total. The van der Waals surface area contributed by atoms with E-state index in [2.05, 4.69) is 0 Å². The average molecular weight is 779 g/mol. The van der Waals surface area contributed by atoms with Gasteiger partial charge in [-0.3, -0.25) is 18.7 Å². The number of hydrogen-bond acceptors (Lipinski definition) is 10. The van der Waals surface area contributed by atoms with E-state index in [0.29, 0.717) is 12.8 Å². The van der Waals surface area contributed by atoms with Gasteiger partial charge in [0.1, 0.15) is 12.3 Å². The molecule has 0 aliphatic carbocycles. The van der Waals surface area contributed by atoms with Crippen LogP contribution in [-0.4, -0.2) is 120 Å². The number of amides is 2. The smallest absolute Gasteiger partial charge is 0.548 e. The normalized spacial score (nSPS) is 21.3. The van der Waals surface area contributed by atoms with Crippen molar-refractivity contribution in [3.05, 3.63) is 71.8 Å². The van der Waals surface area contributed by atoms with E-state index in [-0.39, 0.29) is 76.0 Å². The standard InChI is InChI=1S/2C18H26NO6P.2Li/c2*1-25-15-11-16(18(21)22)19(12-15)17(20)13-26(23,24)10-6-5-9-14-7-3-2-4-8-14;;/h2*2-4,7-8,15-16H,5-6,9-13H2,1H3,(H,21,22)(H,23,24);;/q;;2*+1/p-2/t15?,16-;15-,16-;;/m00../s1. The first-order chi connectivity index (χ1) is 24.6. The van der Waals surface area contributed by atoms with Gasteiger partial charge in [0.05, 0.1) is 36.2 Å². The van der Waals surface area contributed by atoms with Crippen LogP contribution in [0.15, 0.2) is 60.7 Å². The third kappa shape index (κ3) is 16.9. The first kappa shape index (κ1) is 49.8. The number of carboxylic acid groups (broad SMARTS) is 2. The summed E-state index contributed by atoms with van der Waals surface area (Å²) < 4.78 is 34.9. The maximum atomic E-state index is 12.3. The van der Waals surface area contributed by atoms with Crippen LogP contribution in [0.3, 0.4) is 0 Å². The van der Waals surface area contributed by atoms with Crippen molar-refractivity contribution in [2.24, 2.45) is 0 Å². The molecule has 18 heteroatoms. The Kier molecular flexibility index (Phi) is 22.6. The Balaban J connectivity index is 0.000000521. The molecule has 2 aliphatic heterocycles. The van der Waals surface area contributed by atoms with Crippen LogP contribution in [0.5, 0.6) is 0 Å². The van der Waals surface area contributed by atoms with E-state index in [0.717, 1.165) is 46.6 Å². The second-order valence-electron chi connectivity index (χ2n) is 13.3. The summed E-state index contributed by atoms with van der Waals surface area (Å²) in [5.41, 5.74) is 2.33. The van der Waals surface area contributed by atoms with Crippen LogP contribution >= 0.6 is 14.7 Å². The molecular formula is C36H50Li2N2O12P2. The number of benzene rings is 2. The van der Waals surface area contributed by atoms with Crippen LogP contribution in [0.1, 0.15) is 49.7 Å². The largest absolute Gasteiger partial charge is 1.00 e. The summed E-state index contributed by atoms with van der Waals surface area (Å²) in [4.78, 5) is 69.5. The number of methoxy groups -OCH3 is 2. The first-order valence-corrected chi connectivity index (χ1v) is 21.5. The van der Waals surface area contributed by atoms with Gasteiger partial charge in [0.2, 0.25) is 26.6 Å². The summed E-state index contributed by atoms with van der Waals surface area (Å²) in [6.45, 7) is 0.198. The molecule has 6 atom stereocenters. The van der Waals surface area contributed by atoms with Gasteiger partial charge in [-0.25, -0.2) is 0 Å². The topological polar surface area (TPSA) is 214 Å². The number of rotatable bonds is 18. The van der Waals surface area contributed by atoms with Crippen molar-refractivity contribution in [3.63, 3.8) is 0 Å². The zero-order valence-electron chi connectivity index (χ0n) is 31.7. The van der Waals surface area contributed by atoms with Crippen molar-refractivity contribution in [2.75, 3.05) is 52.0 Å². The maximum absolute atomic E-state index is 12.3. The second-order valence-corrected chi connectivity index (χ2v) is 18.2. The fourth-order valence-corrected chi connectivity index (χ4v) is 9.32. The zero-order chi connectivity index (χ0) is 38.3. The number of nitrogens with zero attached hydrogens (tertiary/aromatic N) is 2. The average Bonchev–Trinajstić information content (AvgIpc) is 3.76. The predicted molar refractivity (Wildman–Crippen MR) is 190 cm³/mol. The minimum Gasteiger partial charge on any atom is -0.548 e. The fourth-order valence-electron chi connectivity index (χ4n) is 6.36. The molecule has 4 rings (SSSR count). The van der Waals surface area contributed by atoms with Crippen LogP contribution in [0, 0.1) is 0 Å². The van der Waals surface area contributed by atoms with Crippen LogP contribution < -0.4 is 47.9 Å². The predicted octanol–water partition coefficient (Wildman–Crippen LogP) is -4.70. The molecule has 0 saturated carbocycles. The summed E-state index contributed by atoms with van der Waals surface area (Å²) in [5.74, 6) is -4.00. The number of ether oxygens (including phenoxy) is 2. The van der Waals surface area contributed by atoms with E-state index < -0.39 is 75.1 Å². The molecule has 0 bridgehead atoms. The molecule has 0 spiro atoms. The van der Waals surface area contributed by atoms with Gasteiger partial charge >= 0.3 is 37.7 Å². The van der Waals surface area contributed by atoms with Gasteiger partial charge in [0.15, 0.2) is 0 Å². The number of aliphatic carboxylic acids is 2. The van der Waals surface area contributed by atoms with E-state index >= 15 is 0 Å². The van der Waals surface area contributed by atoms with E-state index in [9.17, 15) is 48.3 Å². The number of carbonyl (C=O) groups excluding carboxylic acids is 4. The van der Waals surface area contributed by atoms with E-state index in [1.54, 1.807) is 0 Å². The number of aryl methyl sites for hydroxylation is 2. The van der Waals surface area contributed by atoms with Crippen molar-refractivity contribution in [2.45, 2.75) is 75.7 Å². The third-order valence-corrected chi connectivity index (χ3v) is 12.8. The van der Waals surface area contributed by atoms with Crippen LogP contribution in [0.4, 0.5) is 0 Å². The van der Waals surface area contributed by atoms with Gasteiger partial charge in [0.25, 0.3) is 0 Å². The molecule has 2 saturated heterocycles. The van der Waals surface area contributed by atoms with E-state index in [4.69, 9.17) is 9.47 Å². The summed E-state index contributed by atoms with van der Waals surface area (Å²) >= 11 is 0. The molecular weight excluding hydrogens is 728 g/mol. The van der Waals surface area contributed by atoms with Crippen LogP contribution in [0.2, 0.25) is 0 Å². The van der Waals surface area contributed by atoms with Gasteiger partial charge in [-0.2, -0.15) is 0 Å². The van der Waals surface area contributed by atoms with Crippen LogP contribution in [0.25, 0.3) is 0 Å². The minimum atomic E-state index is -3.65. The molecule has 54 heavy (non-hydrogen) atoms. The number of unbranched alkanes of at least 4 members (excludes halogenated alkanes) is 2. The monoisotopic (exact) mass is 778 g/mol. The molecule has 0 aromatic heterocycles. The van der Waals surface area contributed by atoms with E-state index in [1.165, 1.54) is 14.2 Å². The number of hydrogen-bond donors (Lipinski definition) is 2. The molecule has 2 fully saturated rings. The molecule has 288 valence electrons. The molecule has 2 aromatic carbocycles. The Morgan fingerprint density at radius 1 is 0.648 bits per heavy atom. The molecule has 14 nitrogen and oxygen atoms in total.